The maximum absolute atomic E-state index is 12.1. The number of rotatable bonds is 4. The average molecular weight is 315 g/mol. The van der Waals surface area contributed by atoms with Crippen molar-refractivity contribution in [2.45, 2.75) is 4.90 Å². The number of nitrogen functional groups attached to an aromatic ring is 1. The van der Waals surface area contributed by atoms with Gasteiger partial charge < -0.3 is 10.5 Å². The third-order valence-electron chi connectivity index (χ3n) is 2.38. The molecule has 0 saturated heterocycles. The van der Waals surface area contributed by atoms with Crippen LogP contribution in [0.4, 0.5) is 11.5 Å². The van der Waals surface area contributed by atoms with Crippen molar-refractivity contribution in [2.24, 2.45) is 0 Å². The Morgan fingerprint density at radius 1 is 1.25 bits per heavy atom. The number of hydrogen-bond acceptors (Lipinski definition) is 6. The number of nitrogens with one attached hydrogen (secondary N) is 1. The van der Waals surface area contributed by atoms with Gasteiger partial charge in [-0.05, 0) is 30.3 Å². The Morgan fingerprint density at radius 3 is 2.55 bits per heavy atom. The number of aromatic nitrogens is 2. The molecule has 0 saturated carbocycles. The molecule has 2 aromatic rings. The Morgan fingerprint density at radius 2 is 2.00 bits per heavy atom. The van der Waals surface area contributed by atoms with Crippen molar-refractivity contribution in [1.82, 2.24) is 10.2 Å². The first-order valence-corrected chi connectivity index (χ1v) is 7.24. The summed E-state index contributed by atoms with van der Waals surface area (Å²) < 4.78 is 31.5. The Hall–Kier alpha value is -2.06. The van der Waals surface area contributed by atoms with Gasteiger partial charge in [-0.15, -0.1) is 10.2 Å². The normalized spacial score (nSPS) is 11.1. The molecule has 0 spiro atoms. The summed E-state index contributed by atoms with van der Waals surface area (Å²) in [7, 11) is -2.36. The average Bonchev–Trinajstić information content (AvgIpc) is 2.41. The van der Waals surface area contributed by atoms with Crippen LogP contribution in [0.15, 0.2) is 35.2 Å². The molecule has 1 aromatic heterocycles. The van der Waals surface area contributed by atoms with E-state index in [0.717, 1.165) is 0 Å². The molecule has 0 unspecified atom stereocenters. The Bertz CT molecular complexity index is 719. The lowest BCUT2D eigenvalue weighted by Gasteiger charge is -2.09. The van der Waals surface area contributed by atoms with Crippen LogP contribution in [0, 0.1) is 0 Å². The molecule has 0 bridgehead atoms. The third-order valence-corrected chi connectivity index (χ3v) is 3.94. The number of benzene rings is 1. The molecule has 1 aromatic carbocycles. The maximum Gasteiger partial charge on any atom is 0.263 e. The zero-order chi connectivity index (χ0) is 14.8. The van der Waals surface area contributed by atoms with E-state index in [0.29, 0.717) is 5.75 Å². The predicted octanol–water partition coefficient (Wildman–Crippen LogP) is 1.52. The van der Waals surface area contributed by atoms with Crippen LogP contribution >= 0.6 is 11.6 Å². The number of hydrogen-bond donors (Lipinski definition) is 2. The molecule has 0 aliphatic rings. The van der Waals surface area contributed by atoms with Crippen LogP contribution in [-0.2, 0) is 10.0 Å². The second-order valence-corrected chi connectivity index (χ2v) is 5.82. The van der Waals surface area contributed by atoms with Crippen molar-refractivity contribution < 1.29 is 13.2 Å². The van der Waals surface area contributed by atoms with Gasteiger partial charge in [-0.25, -0.2) is 8.42 Å². The second kappa shape index (κ2) is 5.51. The number of ether oxygens (including phenoxy) is 1. The standard InChI is InChI=1S/C11H11ClN4O3S/c1-19-9-3-2-7(6-8(9)13)20(17,18)16-11-5-4-10(12)14-15-11/h2-6H,13H2,1H3,(H,15,16). The zero-order valence-electron chi connectivity index (χ0n) is 10.4. The topological polar surface area (TPSA) is 107 Å². The fraction of sp³-hybridized carbons (Fsp3) is 0.0909. The lowest BCUT2D eigenvalue weighted by molar-refractivity contribution is 0.416. The van der Waals surface area contributed by atoms with Crippen molar-refractivity contribution in [3.8, 4) is 5.75 Å². The summed E-state index contributed by atoms with van der Waals surface area (Å²) in [5.74, 6) is 0.457. The summed E-state index contributed by atoms with van der Waals surface area (Å²) in [6, 6.07) is 6.97. The van der Waals surface area contributed by atoms with E-state index in [4.69, 9.17) is 22.1 Å². The third kappa shape index (κ3) is 3.09. The Balaban J connectivity index is 2.30. The summed E-state index contributed by atoms with van der Waals surface area (Å²) in [5, 5.41) is 7.33. The van der Waals surface area contributed by atoms with Crippen LogP contribution in [0.2, 0.25) is 5.15 Å². The fourth-order valence-corrected chi connectivity index (χ4v) is 2.58. The lowest BCUT2D eigenvalue weighted by atomic mass is 10.3. The van der Waals surface area contributed by atoms with Gasteiger partial charge in [-0.2, -0.15) is 0 Å². The van der Waals surface area contributed by atoms with Crippen LogP contribution in [0.5, 0.6) is 5.75 Å². The van der Waals surface area contributed by atoms with Crippen LogP contribution in [0.25, 0.3) is 0 Å². The molecule has 20 heavy (non-hydrogen) atoms. The first-order valence-electron chi connectivity index (χ1n) is 5.38. The second-order valence-electron chi connectivity index (χ2n) is 3.75. The molecule has 0 aliphatic heterocycles. The van der Waals surface area contributed by atoms with Crippen LogP contribution in [0.1, 0.15) is 0 Å². The summed E-state index contributed by atoms with van der Waals surface area (Å²) in [5.41, 5.74) is 5.90. The highest BCUT2D eigenvalue weighted by Crippen LogP contribution is 2.25. The molecule has 0 atom stereocenters. The van der Waals surface area contributed by atoms with Gasteiger partial charge in [-0.1, -0.05) is 11.6 Å². The van der Waals surface area contributed by atoms with Crippen LogP contribution in [0.3, 0.4) is 0 Å². The summed E-state index contributed by atoms with van der Waals surface area (Å²) in [4.78, 5) is -0.00690. The van der Waals surface area contributed by atoms with Crippen molar-refractivity contribution >= 4 is 33.1 Å². The van der Waals surface area contributed by atoms with Gasteiger partial charge >= 0.3 is 0 Å². The van der Waals surface area contributed by atoms with Crippen molar-refractivity contribution in [3.05, 3.63) is 35.5 Å². The smallest absolute Gasteiger partial charge is 0.263 e. The van der Waals surface area contributed by atoms with Crippen molar-refractivity contribution in [3.63, 3.8) is 0 Å². The molecule has 0 fully saturated rings. The summed E-state index contributed by atoms with van der Waals surface area (Å²) in [6.07, 6.45) is 0. The van der Waals surface area contributed by atoms with E-state index in [2.05, 4.69) is 14.9 Å². The van der Waals surface area contributed by atoms with E-state index in [-0.39, 0.29) is 21.6 Å². The molecule has 0 radical (unpaired) electrons. The molecule has 1 heterocycles. The first-order chi connectivity index (χ1) is 9.42. The van der Waals surface area contributed by atoms with Gasteiger partial charge in [0.05, 0.1) is 17.7 Å². The number of methoxy groups -OCH3 is 1. The zero-order valence-corrected chi connectivity index (χ0v) is 11.9. The first kappa shape index (κ1) is 14.4. The van der Waals surface area contributed by atoms with Gasteiger partial charge in [0.15, 0.2) is 11.0 Å². The van der Waals surface area contributed by atoms with E-state index in [9.17, 15) is 8.42 Å². The fourth-order valence-electron chi connectivity index (χ4n) is 1.45. The SMILES string of the molecule is COc1ccc(S(=O)(=O)Nc2ccc(Cl)nn2)cc1N. The number of anilines is 2. The molecule has 106 valence electrons. The Kier molecular flexibility index (Phi) is 3.96. The monoisotopic (exact) mass is 314 g/mol. The minimum absolute atomic E-state index is 0.00690. The molecular formula is C11H11ClN4O3S. The predicted molar refractivity (Wildman–Crippen MR) is 75.3 cm³/mol. The van der Waals surface area contributed by atoms with Crippen LogP contribution in [-0.4, -0.2) is 25.7 Å². The van der Waals surface area contributed by atoms with Crippen molar-refractivity contribution in [1.29, 1.82) is 0 Å². The number of nitrogens with two attached hydrogens (primary N) is 1. The lowest BCUT2D eigenvalue weighted by Crippen LogP contribution is -2.14. The highest BCUT2D eigenvalue weighted by atomic mass is 35.5. The number of halogens is 1. The molecule has 9 heteroatoms. The van der Waals surface area contributed by atoms with E-state index in [1.54, 1.807) is 0 Å². The highest BCUT2D eigenvalue weighted by Gasteiger charge is 2.16. The minimum Gasteiger partial charge on any atom is -0.495 e. The highest BCUT2D eigenvalue weighted by molar-refractivity contribution is 7.92. The summed E-state index contributed by atoms with van der Waals surface area (Å²) in [6.45, 7) is 0. The molecular weight excluding hydrogens is 304 g/mol. The molecule has 0 amide bonds. The molecule has 0 aliphatic carbocycles. The molecule has 2 rings (SSSR count). The van der Waals surface area contributed by atoms with Gasteiger partial charge in [-0.3, -0.25) is 4.72 Å². The largest absolute Gasteiger partial charge is 0.495 e. The maximum atomic E-state index is 12.1. The van der Waals surface area contributed by atoms with E-state index >= 15 is 0 Å². The van der Waals surface area contributed by atoms with Gasteiger partial charge in [0, 0.05) is 0 Å². The van der Waals surface area contributed by atoms with E-state index in [1.165, 1.54) is 37.4 Å². The summed E-state index contributed by atoms with van der Waals surface area (Å²) >= 11 is 5.57. The number of nitrogens with zero attached hydrogens (tertiary/aromatic N) is 2. The quantitative estimate of drug-likeness (QED) is 0.828. The molecule has 7 nitrogen and oxygen atoms in total. The van der Waals surface area contributed by atoms with Crippen LogP contribution < -0.4 is 15.2 Å². The van der Waals surface area contributed by atoms with Gasteiger partial charge in [0.25, 0.3) is 10.0 Å². The molecule has 3 N–H and O–H groups in total. The minimum atomic E-state index is -3.80. The van der Waals surface area contributed by atoms with Gasteiger partial charge in [0.2, 0.25) is 0 Å². The Labute approximate surface area is 120 Å². The van der Waals surface area contributed by atoms with E-state index < -0.39 is 10.0 Å². The van der Waals surface area contributed by atoms with E-state index in [1.807, 2.05) is 0 Å². The van der Waals surface area contributed by atoms with Gasteiger partial charge in [0.1, 0.15) is 5.75 Å². The van der Waals surface area contributed by atoms with Crippen molar-refractivity contribution in [2.75, 3.05) is 17.6 Å². The number of sulfonamides is 1.